The maximum atomic E-state index is 12.1. The van der Waals surface area contributed by atoms with Gasteiger partial charge in [0.05, 0.1) is 11.6 Å². The van der Waals surface area contributed by atoms with Gasteiger partial charge in [0.25, 0.3) is 0 Å². The number of rotatable bonds is 3. The number of benzene rings is 1. The molecule has 1 aliphatic heterocycles. The molecule has 1 aromatic carbocycles. The number of nitrogens with one attached hydrogen (secondary N) is 1. The molecule has 18 heavy (non-hydrogen) atoms. The average Bonchev–Trinajstić information content (AvgIpc) is 2.71. The molecular weight excluding hydrogens is 226 g/mol. The number of carbonyl (C=O) groups excluding carboxylic acids is 1. The van der Waals surface area contributed by atoms with Crippen LogP contribution in [0.3, 0.4) is 0 Å². The fraction of sp³-hybridized carbons (Fsp3) is 0.400. The van der Waals surface area contributed by atoms with E-state index in [4.69, 9.17) is 0 Å². The molecule has 0 radical (unpaired) electrons. The van der Waals surface area contributed by atoms with Gasteiger partial charge < -0.3 is 10.4 Å². The van der Waals surface area contributed by atoms with Gasteiger partial charge in [0.15, 0.2) is 5.78 Å². The summed E-state index contributed by atoms with van der Waals surface area (Å²) in [5.74, 6) is 0.158. The first-order valence-corrected chi connectivity index (χ1v) is 6.40. The Morgan fingerprint density at radius 3 is 2.94 bits per heavy atom. The quantitative estimate of drug-likeness (QED) is 0.635. The number of aliphatic hydroxyl groups excluding tert-OH is 1. The topological polar surface area (TPSA) is 49.3 Å². The molecule has 96 valence electrons. The Morgan fingerprint density at radius 2 is 2.28 bits per heavy atom. The highest BCUT2D eigenvalue weighted by atomic mass is 16.3. The molecule has 1 fully saturated rings. The summed E-state index contributed by atoms with van der Waals surface area (Å²) in [5, 5.41) is 13.4. The normalized spacial score (nSPS) is 22.3. The SMILES string of the molecule is CCCC1NCC(=C(O)c2cccc(C)c2)C1=O. The van der Waals surface area contributed by atoms with Gasteiger partial charge in [0.1, 0.15) is 5.76 Å². The van der Waals surface area contributed by atoms with Crippen LogP contribution in [0.2, 0.25) is 0 Å². The zero-order chi connectivity index (χ0) is 13.1. The molecule has 1 aliphatic rings. The summed E-state index contributed by atoms with van der Waals surface area (Å²) in [6, 6.07) is 7.45. The molecule has 0 saturated carbocycles. The molecular formula is C15H19NO2. The molecule has 1 atom stereocenters. The van der Waals surface area contributed by atoms with Crippen molar-refractivity contribution in [2.75, 3.05) is 6.54 Å². The van der Waals surface area contributed by atoms with Crippen LogP contribution in [0.15, 0.2) is 29.8 Å². The minimum Gasteiger partial charge on any atom is -0.507 e. The summed E-state index contributed by atoms with van der Waals surface area (Å²) in [4.78, 5) is 12.1. The van der Waals surface area contributed by atoms with Gasteiger partial charge in [-0.05, 0) is 19.4 Å². The molecule has 0 bridgehead atoms. The van der Waals surface area contributed by atoms with Crippen LogP contribution in [0.4, 0.5) is 0 Å². The van der Waals surface area contributed by atoms with Gasteiger partial charge in [-0.3, -0.25) is 4.79 Å². The fourth-order valence-corrected chi connectivity index (χ4v) is 2.30. The zero-order valence-corrected chi connectivity index (χ0v) is 10.9. The third-order valence-corrected chi connectivity index (χ3v) is 3.29. The summed E-state index contributed by atoms with van der Waals surface area (Å²) >= 11 is 0. The van der Waals surface area contributed by atoms with Gasteiger partial charge >= 0.3 is 0 Å². The van der Waals surface area contributed by atoms with E-state index in [0.29, 0.717) is 12.1 Å². The molecule has 1 saturated heterocycles. The first-order chi connectivity index (χ1) is 8.63. The van der Waals surface area contributed by atoms with Crippen molar-refractivity contribution in [3.8, 4) is 0 Å². The summed E-state index contributed by atoms with van der Waals surface area (Å²) in [5.41, 5.74) is 2.31. The smallest absolute Gasteiger partial charge is 0.180 e. The van der Waals surface area contributed by atoms with E-state index in [1.54, 1.807) is 0 Å². The van der Waals surface area contributed by atoms with E-state index in [0.717, 1.165) is 24.0 Å². The summed E-state index contributed by atoms with van der Waals surface area (Å²) < 4.78 is 0. The van der Waals surface area contributed by atoms with Crippen LogP contribution in [0.1, 0.15) is 30.9 Å². The van der Waals surface area contributed by atoms with E-state index in [-0.39, 0.29) is 17.6 Å². The second-order valence-corrected chi connectivity index (χ2v) is 4.78. The number of hydrogen-bond acceptors (Lipinski definition) is 3. The van der Waals surface area contributed by atoms with E-state index < -0.39 is 0 Å². The molecule has 0 spiro atoms. The van der Waals surface area contributed by atoms with E-state index in [9.17, 15) is 9.90 Å². The molecule has 0 aliphatic carbocycles. The van der Waals surface area contributed by atoms with Crippen molar-refractivity contribution in [2.45, 2.75) is 32.7 Å². The molecule has 0 aromatic heterocycles. The van der Waals surface area contributed by atoms with Gasteiger partial charge in [-0.2, -0.15) is 0 Å². The van der Waals surface area contributed by atoms with Crippen molar-refractivity contribution in [2.24, 2.45) is 0 Å². The van der Waals surface area contributed by atoms with E-state index in [1.807, 2.05) is 31.2 Å². The van der Waals surface area contributed by atoms with Crippen LogP contribution in [-0.2, 0) is 4.79 Å². The second kappa shape index (κ2) is 5.36. The number of Topliss-reactive ketones (excluding diaryl/α,β-unsaturated/α-hetero) is 1. The lowest BCUT2D eigenvalue weighted by Crippen LogP contribution is -2.26. The maximum absolute atomic E-state index is 12.1. The van der Waals surface area contributed by atoms with Crippen LogP contribution in [0, 0.1) is 6.92 Å². The lowest BCUT2D eigenvalue weighted by molar-refractivity contribution is -0.116. The lowest BCUT2D eigenvalue weighted by Gasteiger charge is -2.06. The number of ketones is 1. The molecule has 1 unspecified atom stereocenters. The first-order valence-electron chi connectivity index (χ1n) is 6.40. The Kier molecular flexibility index (Phi) is 3.82. The number of aliphatic hydroxyl groups is 1. The van der Waals surface area contributed by atoms with E-state index >= 15 is 0 Å². The minimum atomic E-state index is -0.128. The van der Waals surface area contributed by atoms with Crippen LogP contribution in [0.25, 0.3) is 5.76 Å². The van der Waals surface area contributed by atoms with Crippen LogP contribution in [-0.4, -0.2) is 23.5 Å². The first kappa shape index (κ1) is 12.8. The Hall–Kier alpha value is -1.61. The highest BCUT2D eigenvalue weighted by Crippen LogP contribution is 2.22. The van der Waals surface area contributed by atoms with Crippen molar-refractivity contribution in [3.05, 3.63) is 41.0 Å². The van der Waals surface area contributed by atoms with Gasteiger partial charge in [0, 0.05) is 12.1 Å². The molecule has 0 amide bonds. The number of carbonyl (C=O) groups is 1. The Labute approximate surface area is 108 Å². The summed E-state index contributed by atoms with van der Waals surface area (Å²) in [6.45, 7) is 4.48. The number of aryl methyl sites for hydroxylation is 1. The molecule has 3 nitrogen and oxygen atoms in total. The van der Waals surface area contributed by atoms with Gasteiger partial charge in [-0.25, -0.2) is 0 Å². The molecule has 2 rings (SSSR count). The van der Waals surface area contributed by atoms with Crippen LogP contribution in [0.5, 0.6) is 0 Å². The van der Waals surface area contributed by atoms with Crippen molar-refractivity contribution in [1.82, 2.24) is 5.32 Å². The number of hydrogen-bond donors (Lipinski definition) is 2. The van der Waals surface area contributed by atoms with Gasteiger partial charge in [-0.1, -0.05) is 37.1 Å². The predicted molar refractivity (Wildman–Crippen MR) is 72.4 cm³/mol. The minimum absolute atomic E-state index is 0.0378. The summed E-state index contributed by atoms with van der Waals surface area (Å²) in [7, 11) is 0. The van der Waals surface area contributed by atoms with Crippen molar-refractivity contribution >= 4 is 11.5 Å². The Morgan fingerprint density at radius 1 is 1.50 bits per heavy atom. The van der Waals surface area contributed by atoms with Crippen LogP contribution >= 0.6 is 0 Å². The Bertz CT molecular complexity index is 491. The van der Waals surface area contributed by atoms with Crippen molar-refractivity contribution < 1.29 is 9.90 Å². The van der Waals surface area contributed by atoms with Gasteiger partial charge in [-0.15, -0.1) is 0 Å². The predicted octanol–water partition coefficient (Wildman–Crippen LogP) is 2.61. The van der Waals surface area contributed by atoms with Gasteiger partial charge in [0.2, 0.25) is 0 Å². The average molecular weight is 245 g/mol. The van der Waals surface area contributed by atoms with E-state index in [1.165, 1.54) is 0 Å². The largest absolute Gasteiger partial charge is 0.507 e. The van der Waals surface area contributed by atoms with E-state index in [2.05, 4.69) is 12.2 Å². The third kappa shape index (κ3) is 2.46. The third-order valence-electron chi connectivity index (χ3n) is 3.29. The van der Waals surface area contributed by atoms with Crippen molar-refractivity contribution in [1.29, 1.82) is 0 Å². The second-order valence-electron chi connectivity index (χ2n) is 4.78. The molecule has 2 N–H and O–H groups in total. The molecule has 3 heteroatoms. The molecule has 1 aromatic rings. The summed E-state index contributed by atoms with van der Waals surface area (Å²) in [6.07, 6.45) is 1.78. The van der Waals surface area contributed by atoms with Crippen LogP contribution < -0.4 is 5.32 Å². The van der Waals surface area contributed by atoms with Crippen molar-refractivity contribution in [3.63, 3.8) is 0 Å². The monoisotopic (exact) mass is 245 g/mol. The standard InChI is InChI=1S/C15H19NO2/c1-3-5-13-15(18)12(9-16-13)14(17)11-7-4-6-10(2)8-11/h4,6-8,13,16-17H,3,5,9H2,1-2H3. The fourth-order valence-electron chi connectivity index (χ4n) is 2.30. The molecule has 1 heterocycles. The zero-order valence-electron chi connectivity index (χ0n) is 10.9. The Balaban J connectivity index is 2.29. The highest BCUT2D eigenvalue weighted by Gasteiger charge is 2.30. The lowest BCUT2D eigenvalue weighted by atomic mass is 10.0. The highest BCUT2D eigenvalue weighted by molar-refractivity contribution is 6.07. The maximum Gasteiger partial charge on any atom is 0.180 e.